The summed E-state index contributed by atoms with van der Waals surface area (Å²) < 4.78 is 12.9. The first-order valence-corrected chi connectivity index (χ1v) is 3.77. The Morgan fingerprint density at radius 1 is 1.69 bits per heavy atom. The van der Waals surface area contributed by atoms with E-state index in [9.17, 15) is 9.18 Å². The van der Waals surface area contributed by atoms with Crippen LogP contribution in [0.2, 0.25) is 0 Å². The number of halogens is 1. The molecule has 13 heavy (non-hydrogen) atoms. The number of amides is 1. The van der Waals surface area contributed by atoms with Crippen molar-refractivity contribution in [2.45, 2.75) is 6.92 Å². The Bertz CT molecular complexity index is 336. The van der Waals surface area contributed by atoms with E-state index in [1.165, 1.54) is 18.3 Å². The molecular formula is C9H9FN2O. The van der Waals surface area contributed by atoms with E-state index in [0.29, 0.717) is 0 Å². The van der Waals surface area contributed by atoms with Gasteiger partial charge in [0.1, 0.15) is 0 Å². The van der Waals surface area contributed by atoms with Gasteiger partial charge in [-0.25, -0.2) is 4.39 Å². The van der Waals surface area contributed by atoms with Gasteiger partial charge in [-0.3, -0.25) is 9.78 Å². The van der Waals surface area contributed by atoms with Crippen LogP contribution in [-0.2, 0) is 4.79 Å². The van der Waals surface area contributed by atoms with Crippen molar-refractivity contribution in [2.24, 2.45) is 0 Å². The number of carbonyl (C=O) groups excluding carboxylic acids is 1. The van der Waals surface area contributed by atoms with E-state index in [4.69, 9.17) is 0 Å². The lowest BCUT2D eigenvalue weighted by Gasteiger charge is -2.01. The highest BCUT2D eigenvalue weighted by Crippen LogP contribution is 2.10. The van der Waals surface area contributed by atoms with Crippen LogP contribution >= 0.6 is 0 Å². The van der Waals surface area contributed by atoms with Gasteiger partial charge in [0.25, 0.3) is 0 Å². The number of pyridine rings is 1. The van der Waals surface area contributed by atoms with Gasteiger partial charge >= 0.3 is 0 Å². The third-order valence-electron chi connectivity index (χ3n) is 1.35. The van der Waals surface area contributed by atoms with E-state index in [-0.39, 0.29) is 11.6 Å². The monoisotopic (exact) mass is 180 g/mol. The normalized spacial score (nSPS) is 10.3. The third-order valence-corrected chi connectivity index (χ3v) is 1.35. The van der Waals surface area contributed by atoms with Crippen LogP contribution in [0.5, 0.6) is 0 Å². The molecule has 0 saturated heterocycles. The minimum absolute atomic E-state index is 0.137. The number of carbonyl (C=O) groups is 1. The number of anilines is 1. The molecule has 68 valence electrons. The second kappa shape index (κ2) is 4.35. The van der Waals surface area contributed by atoms with Crippen molar-refractivity contribution < 1.29 is 9.18 Å². The van der Waals surface area contributed by atoms with E-state index in [0.717, 1.165) is 6.20 Å². The van der Waals surface area contributed by atoms with Crippen LogP contribution in [0.3, 0.4) is 0 Å². The first-order chi connectivity index (χ1) is 6.24. The number of nitrogens with zero attached hydrogens (tertiary/aromatic N) is 1. The summed E-state index contributed by atoms with van der Waals surface area (Å²) in [6.07, 6.45) is 5.36. The van der Waals surface area contributed by atoms with Gasteiger partial charge in [0.05, 0.1) is 11.9 Å². The van der Waals surface area contributed by atoms with Crippen molar-refractivity contribution in [3.05, 3.63) is 36.4 Å². The van der Waals surface area contributed by atoms with Crippen LogP contribution in [0.25, 0.3) is 0 Å². The maximum atomic E-state index is 12.9. The van der Waals surface area contributed by atoms with Crippen molar-refractivity contribution in [1.82, 2.24) is 4.98 Å². The van der Waals surface area contributed by atoms with Gasteiger partial charge in [-0.05, 0) is 19.1 Å². The minimum Gasteiger partial charge on any atom is -0.320 e. The maximum Gasteiger partial charge on any atom is 0.248 e. The molecule has 3 nitrogen and oxygen atoms in total. The van der Waals surface area contributed by atoms with E-state index in [1.54, 1.807) is 13.0 Å². The van der Waals surface area contributed by atoms with Gasteiger partial charge in [-0.2, -0.15) is 0 Å². The minimum atomic E-state index is -0.541. The van der Waals surface area contributed by atoms with Crippen molar-refractivity contribution >= 4 is 11.6 Å². The average Bonchev–Trinajstić information content (AvgIpc) is 2.09. The molecule has 0 spiro atoms. The Morgan fingerprint density at radius 3 is 3.08 bits per heavy atom. The summed E-state index contributed by atoms with van der Waals surface area (Å²) >= 11 is 0. The molecule has 1 heterocycles. The van der Waals surface area contributed by atoms with Gasteiger partial charge in [0.2, 0.25) is 5.91 Å². The topological polar surface area (TPSA) is 42.0 Å². The van der Waals surface area contributed by atoms with E-state index in [1.807, 2.05) is 0 Å². The van der Waals surface area contributed by atoms with Crippen LogP contribution in [0, 0.1) is 5.82 Å². The molecule has 0 radical (unpaired) electrons. The highest BCUT2D eigenvalue weighted by Gasteiger charge is 2.02. The van der Waals surface area contributed by atoms with Crippen LogP contribution < -0.4 is 5.32 Å². The molecule has 0 aliphatic rings. The molecule has 4 heteroatoms. The number of nitrogens with one attached hydrogen (secondary N) is 1. The van der Waals surface area contributed by atoms with E-state index in [2.05, 4.69) is 10.3 Å². The molecule has 1 aromatic rings. The fraction of sp³-hybridized carbons (Fsp3) is 0.111. The lowest BCUT2D eigenvalue weighted by atomic mass is 10.4. The number of aromatic nitrogens is 1. The van der Waals surface area contributed by atoms with Crippen LogP contribution in [0.1, 0.15) is 6.92 Å². The third kappa shape index (κ3) is 2.66. The lowest BCUT2D eigenvalue weighted by Crippen LogP contribution is -2.09. The molecule has 0 aliphatic heterocycles. The molecule has 0 aliphatic carbocycles. The second-order valence-corrected chi connectivity index (χ2v) is 2.34. The van der Waals surface area contributed by atoms with Gasteiger partial charge in [0.15, 0.2) is 5.82 Å². The fourth-order valence-electron chi connectivity index (χ4n) is 0.802. The predicted molar refractivity (Wildman–Crippen MR) is 47.6 cm³/mol. The average molecular weight is 180 g/mol. The van der Waals surface area contributed by atoms with E-state index >= 15 is 0 Å². The Morgan fingerprint density at radius 2 is 2.46 bits per heavy atom. The largest absolute Gasteiger partial charge is 0.320 e. The Balaban J connectivity index is 2.74. The van der Waals surface area contributed by atoms with Crippen molar-refractivity contribution in [3.8, 4) is 0 Å². The molecule has 0 atom stereocenters. The number of allylic oxidation sites excluding steroid dienone is 1. The smallest absolute Gasteiger partial charge is 0.248 e. The number of rotatable bonds is 2. The summed E-state index contributed by atoms with van der Waals surface area (Å²) in [5.41, 5.74) is 0.137. The molecule has 0 fully saturated rings. The first kappa shape index (κ1) is 9.38. The zero-order chi connectivity index (χ0) is 9.68. The van der Waals surface area contributed by atoms with E-state index < -0.39 is 5.82 Å². The second-order valence-electron chi connectivity index (χ2n) is 2.34. The quantitative estimate of drug-likeness (QED) is 0.704. The Hall–Kier alpha value is -1.71. The summed E-state index contributed by atoms with van der Waals surface area (Å²) in [4.78, 5) is 14.5. The first-order valence-electron chi connectivity index (χ1n) is 3.77. The molecule has 1 N–H and O–H groups in total. The molecule has 1 aromatic heterocycles. The van der Waals surface area contributed by atoms with Gasteiger partial charge in [-0.1, -0.05) is 6.08 Å². The predicted octanol–water partition coefficient (Wildman–Crippen LogP) is 1.74. The van der Waals surface area contributed by atoms with Crippen LogP contribution in [0.4, 0.5) is 10.1 Å². The molecule has 0 aromatic carbocycles. The van der Waals surface area contributed by atoms with Gasteiger partial charge in [0, 0.05) is 6.20 Å². The fourth-order valence-corrected chi connectivity index (χ4v) is 0.802. The summed E-state index contributed by atoms with van der Waals surface area (Å²) in [5.74, 6) is -0.895. The molecule has 0 saturated carbocycles. The Kier molecular flexibility index (Phi) is 3.14. The SMILES string of the molecule is C/C=C/C(=O)Nc1ccncc1F. The number of hydrogen-bond donors (Lipinski definition) is 1. The summed E-state index contributed by atoms with van der Waals surface area (Å²) in [5, 5.41) is 2.37. The van der Waals surface area contributed by atoms with Crippen LogP contribution in [-0.4, -0.2) is 10.9 Å². The summed E-state index contributed by atoms with van der Waals surface area (Å²) in [7, 11) is 0. The Labute approximate surface area is 75.3 Å². The molecular weight excluding hydrogens is 171 g/mol. The molecule has 1 rings (SSSR count). The lowest BCUT2D eigenvalue weighted by molar-refractivity contribution is -0.111. The zero-order valence-electron chi connectivity index (χ0n) is 7.12. The van der Waals surface area contributed by atoms with Gasteiger partial charge < -0.3 is 5.32 Å². The van der Waals surface area contributed by atoms with Gasteiger partial charge in [-0.15, -0.1) is 0 Å². The zero-order valence-corrected chi connectivity index (χ0v) is 7.12. The standard InChI is InChI=1S/C9H9FN2O/c1-2-3-9(13)12-8-4-5-11-6-7(8)10/h2-6H,1H3,(H,11,12,13)/b3-2+. The molecule has 0 bridgehead atoms. The summed E-state index contributed by atoms with van der Waals surface area (Å²) in [6.45, 7) is 1.71. The maximum absolute atomic E-state index is 12.9. The molecule has 0 unspecified atom stereocenters. The van der Waals surface area contributed by atoms with Crippen molar-refractivity contribution in [1.29, 1.82) is 0 Å². The highest BCUT2D eigenvalue weighted by molar-refractivity contribution is 5.99. The number of hydrogen-bond acceptors (Lipinski definition) is 2. The molecule has 1 amide bonds. The van der Waals surface area contributed by atoms with Crippen molar-refractivity contribution in [3.63, 3.8) is 0 Å². The highest BCUT2D eigenvalue weighted by atomic mass is 19.1. The van der Waals surface area contributed by atoms with Crippen LogP contribution in [0.15, 0.2) is 30.6 Å². The summed E-state index contributed by atoms with van der Waals surface area (Å²) in [6, 6.07) is 1.40. The van der Waals surface area contributed by atoms with Crippen molar-refractivity contribution in [2.75, 3.05) is 5.32 Å².